The number of hydrogen-bond donors (Lipinski definition) is 2. The topological polar surface area (TPSA) is 110 Å². The summed E-state index contributed by atoms with van der Waals surface area (Å²) in [5.41, 5.74) is 4.50. The highest BCUT2D eigenvalue weighted by Crippen LogP contribution is 2.62. The highest BCUT2D eigenvalue weighted by molar-refractivity contribution is 7.99. The number of rotatable bonds is 32. The van der Waals surface area contributed by atoms with Crippen LogP contribution in [0.2, 0.25) is 0 Å². The number of benzene rings is 4. The molecule has 0 spiro atoms. The van der Waals surface area contributed by atoms with Crippen molar-refractivity contribution < 1.29 is 38.4 Å². The number of thioether (sulfide) groups is 1. The number of carbonyl (C=O) groups excluding carboxylic acids is 1. The minimum absolute atomic E-state index is 0.0221. The predicted molar refractivity (Wildman–Crippen MR) is 288 cm³/mol. The average molecular weight is 1000 g/mol. The second-order valence-electron chi connectivity index (χ2n) is 19.8. The molecule has 1 saturated carbocycles. The molecule has 7 rings (SSSR count). The SMILES string of the molecule is C=CCO[C@@]12Oc3ccc(OCCSc4ccccc4)cc3[C@H]3[C@H](CCCCO)[C@@H](CCCCO)C=C(C(=NOCc4ccccc4)C[C@@H]1N(Cc1ccc(F)cc1)C(=O)CCCCCCCCCCC)[C@H]32. The first-order chi connectivity index (χ1) is 35.4. The van der Waals surface area contributed by atoms with Gasteiger partial charge in [-0.1, -0.05) is 149 Å². The zero-order valence-corrected chi connectivity index (χ0v) is 43.5. The van der Waals surface area contributed by atoms with E-state index < -0.39 is 17.7 Å². The summed E-state index contributed by atoms with van der Waals surface area (Å²) in [7, 11) is 0. The summed E-state index contributed by atoms with van der Waals surface area (Å²) >= 11 is 1.75. The van der Waals surface area contributed by atoms with Gasteiger partial charge in [-0.05, 0) is 103 Å². The average Bonchev–Trinajstić information content (AvgIpc) is 3.40. The van der Waals surface area contributed by atoms with Crippen molar-refractivity contribution >= 4 is 23.4 Å². The van der Waals surface area contributed by atoms with E-state index in [2.05, 4.69) is 37.8 Å². The maximum absolute atomic E-state index is 15.3. The van der Waals surface area contributed by atoms with Gasteiger partial charge in [-0.2, -0.15) is 0 Å². The molecule has 0 radical (unpaired) electrons. The number of halogens is 1. The van der Waals surface area contributed by atoms with Crippen LogP contribution < -0.4 is 9.47 Å². The van der Waals surface area contributed by atoms with Gasteiger partial charge in [0.1, 0.15) is 30.0 Å². The number of hydrogen-bond acceptors (Lipinski definition) is 9. The molecule has 9 nitrogen and oxygen atoms in total. The van der Waals surface area contributed by atoms with Crippen LogP contribution in [0.5, 0.6) is 11.5 Å². The molecule has 2 aliphatic carbocycles. The zero-order valence-electron chi connectivity index (χ0n) is 42.7. The summed E-state index contributed by atoms with van der Waals surface area (Å²) in [6.45, 7) is 7.70. The lowest BCUT2D eigenvalue weighted by atomic mass is 9.55. The van der Waals surface area contributed by atoms with Gasteiger partial charge in [0.05, 0.1) is 24.8 Å². The molecule has 0 bridgehead atoms. The van der Waals surface area contributed by atoms with Crippen LogP contribution in [0.15, 0.2) is 137 Å². The standard InChI is InChI=1S/C61H79FN2O7S/c1-3-5-6-7-8-9-10-11-18-29-58(67)64(44-46-30-32-49(62)33-31-46)57-43-55(63-70-45-47-23-14-12-15-24-47)53-41-48(25-19-21-36-65)52(28-20-22-37-66)59-54-42-50(68-39-40-72-51-26-16-13-17-27-51)34-35-56(54)71-61(57,60(53)59)69-38-4-2/h4,12-17,23-24,26-27,30-35,41-42,48,52,57,59-60,65-66H,2-3,5-11,18-22,25,28-29,36-40,43-45H2,1H3/t48-,52+,57-,59+,60+,61+/m0/s1. The van der Waals surface area contributed by atoms with Crippen LogP contribution in [0, 0.1) is 23.6 Å². The van der Waals surface area contributed by atoms with Gasteiger partial charge in [0.2, 0.25) is 11.7 Å². The van der Waals surface area contributed by atoms with Gasteiger partial charge in [-0.15, -0.1) is 18.3 Å². The van der Waals surface area contributed by atoms with E-state index in [9.17, 15) is 14.6 Å². The molecule has 0 aromatic heterocycles. The van der Waals surface area contributed by atoms with Gasteiger partial charge in [0, 0.05) is 54.7 Å². The Balaban J connectivity index is 1.34. The summed E-state index contributed by atoms with van der Waals surface area (Å²) in [5, 5.41) is 25.2. The molecule has 1 aliphatic heterocycles. The van der Waals surface area contributed by atoms with E-state index in [1.165, 1.54) is 49.1 Å². The van der Waals surface area contributed by atoms with E-state index in [-0.39, 0.29) is 68.9 Å². The fourth-order valence-electron chi connectivity index (χ4n) is 11.2. The molecule has 4 aromatic rings. The number of allylic oxidation sites excluding steroid dienone is 1. The fourth-order valence-corrected chi connectivity index (χ4v) is 12.0. The molecule has 72 heavy (non-hydrogen) atoms. The molecule has 2 N–H and O–H groups in total. The van der Waals surface area contributed by atoms with Crippen molar-refractivity contribution in [2.45, 2.75) is 152 Å². The summed E-state index contributed by atoms with van der Waals surface area (Å²) in [4.78, 5) is 24.7. The molecular formula is C61H79FN2O7S. The molecule has 0 saturated heterocycles. The number of oxime groups is 1. The quantitative estimate of drug-likeness (QED) is 0.0215. The fraction of sp³-hybridized carbons (Fsp3) is 0.508. The van der Waals surface area contributed by atoms with Crippen LogP contribution in [0.25, 0.3) is 0 Å². The smallest absolute Gasteiger partial charge is 0.239 e. The van der Waals surface area contributed by atoms with E-state index >= 15 is 4.79 Å². The van der Waals surface area contributed by atoms with E-state index in [1.807, 2.05) is 65.6 Å². The molecule has 1 fully saturated rings. The molecule has 6 atom stereocenters. The zero-order chi connectivity index (χ0) is 50.4. The Morgan fingerprint density at radius 1 is 0.847 bits per heavy atom. The number of fused-ring (bicyclic) bond motifs is 2. The molecule has 11 heteroatoms. The Morgan fingerprint density at radius 3 is 2.25 bits per heavy atom. The number of ether oxygens (including phenoxy) is 3. The first-order valence-electron chi connectivity index (χ1n) is 27.0. The first-order valence-corrected chi connectivity index (χ1v) is 28.0. The molecular weight excluding hydrogens is 924 g/mol. The predicted octanol–water partition coefficient (Wildman–Crippen LogP) is 13.8. The van der Waals surface area contributed by atoms with Crippen LogP contribution in [-0.2, 0) is 27.5 Å². The minimum atomic E-state index is -1.41. The summed E-state index contributed by atoms with van der Waals surface area (Å²) in [6.07, 6.45) is 19.6. The van der Waals surface area contributed by atoms with E-state index in [0.717, 1.165) is 90.8 Å². The van der Waals surface area contributed by atoms with Crippen LogP contribution in [-0.4, -0.2) is 70.7 Å². The van der Waals surface area contributed by atoms with Crippen LogP contribution in [0.4, 0.5) is 4.39 Å². The van der Waals surface area contributed by atoms with Crippen molar-refractivity contribution in [3.63, 3.8) is 0 Å². The lowest BCUT2D eigenvalue weighted by molar-refractivity contribution is -0.258. The van der Waals surface area contributed by atoms with E-state index in [0.29, 0.717) is 31.6 Å². The number of unbranched alkanes of at least 4 members (excludes halogenated alkanes) is 10. The Labute approximate surface area is 433 Å². The lowest BCUT2D eigenvalue weighted by Crippen LogP contribution is -2.70. The molecule has 0 unspecified atom stereocenters. The summed E-state index contributed by atoms with van der Waals surface area (Å²) in [6, 6.07) is 32.2. The highest BCUT2D eigenvalue weighted by atomic mass is 32.2. The van der Waals surface area contributed by atoms with Crippen molar-refractivity contribution in [1.29, 1.82) is 0 Å². The second-order valence-corrected chi connectivity index (χ2v) is 20.9. The van der Waals surface area contributed by atoms with Crippen LogP contribution in [0.1, 0.15) is 139 Å². The van der Waals surface area contributed by atoms with Crippen LogP contribution >= 0.6 is 11.8 Å². The van der Waals surface area contributed by atoms with Gasteiger partial charge in [-0.3, -0.25) is 4.79 Å². The monoisotopic (exact) mass is 1000 g/mol. The molecule has 1 amide bonds. The van der Waals surface area contributed by atoms with Crippen molar-refractivity contribution in [3.05, 3.63) is 150 Å². The number of nitrogens with zero attached hydrogens (tertiary/aromatic N) is 2. The van der Waals surface area contributed by atoms with Crippen LogP contribution in [0.3, 0.4) is 0 Å². The Kier molecular flexibility index (Phi) is 22.1. The normalized spacial score (nSPS) is 21.5. The lowest BCUT2D eigenvalue weighted by Gasteiger charge is -2.60. The summed E-state index contributed by atoms with van der Waals surface area (Å²) < 4.78 is 35.9. The van der Waals surface area contributed by atoms with Gasteiger partial charge in [0.15, 0.2) is 0 Å². The maximum atomic E-state index is 15.3. The first kappa shape index (κ1) is 54.8. The van der Waals surface area contributed by atoms with Gasteiger partial charge < -0.3 is 34.2 Å². The highest BCUT2D eigenvalue weighted by Gasteiger charge is 2.65. The number of aliphatic hydroxyl groups is 2. The third-order valence-corrected chi connectivity index (χ3v) is 15.7. The summed E-state index contributed by atoms with van der Waals surface area (Å²) in [5.74, 6) is -0.0930. The third kappa shape index (κ3) is 14.9. The van der Waals surface area contributed by atoms with E-state index in [4.69, 9.17) is 24.2 Å². The Hall–Kier alpha value is -4.94. The third-order valence-electron chi connectivity index (χ3n) is 14.7. The molecule has 1 heterocycles. The van der Waals surface area contributed by atoms with Crippen molar-refractivity contribution in [2.75, 3.05) is 32.2 Å². The second kappa shape index (κ2) is 29.1. The molecule has 388 valence electrons. The van der Waals surface area contributed by atoms with Gasteiger partial charge in [-0.25, -0.2) is 4.39 Å². The number of amides is 1. The Bertz CT molecular complexity index is 2310. The van der Waals surface area contributed by atoms with E-state index in [1.54, 1.807) is 30.0 Å². The van der Waals surface area contributed by atoms with Gasteiger partial charge in [0.25, 0.3) is 0 Å². The van der Waals surface area contributed by atoms with Crippen molar-refractivity contribution in [3.8, 4) is 11.5 Å². The van der Waals surface area contributed by atoms with Crippen molar-refractivity contribution in [2.24, 2.45) is 22.9 Å². The largest absolute Gasteiger partial charge is 0.493 e. The molecule has 4 aromatic carbocycles. The minimum Gasteiger partial charge on any atom is -0.493 e. The Morgan fingerprint density at radius 2 is 1.54 bits per heavy atom. The molecule has 3 aliphatic rings. The number of aliphatic hydroxyl groups excluding tert-OH is 2. The van der Waals surface area contributed by atoms with Crippen molar-refractivity contribution in [1.82, 2.24) is 4.90 Å². The van der Waals surface area contributed by atoms with Gasteiger partial charge >= 0.3 is 0 Å². The maximum Gasteiger partial charge on any atom is 0.239 e. The number of carbonyl (C=O) groups is 1.